The van der Waals surface area contributed by atoms with E-state index in [9.17, 15) is 4.79 Å². The Balaban J connectivity index is 2.11. The predicted molar refractivity (Wildman–Crippen MR) is 48.8 cm³/mol. The average Bonchev–Trinajstić information content (AvgIpc) is 2.01. The average molecular weight is 168 g/mol. The first kappa shape index (κ1) is 9.26. The van der Waals surface area contributed by atoms with Crippen molar-refractivity contribution in [3.8, 4) is 0 Å². The molecule has 1 N–H and O–H groups in total. The fourth-order valence-corrected chi connectivity index (χ4v) is 1.36. The number of nitrogens with zero attached hydrogens (tertiary/aromatic N) is 1. The molecule has 1 aliphatic heterocycles. The standard InChI is InChI=1S/C9H16N2O/c1-3-9(12)11-6-8(7-11)5-10-4-2/h3,8,10H,1,4-7H2,2H3. The Hall–Kier alpha value is -0.830. The maximum absolute atomic E-state index is 11.0. The monoisotopic (exact) mass is 168 g/mol. The molecule has 1 heterocycles. The zero-order valence-corrected chi connectivity index (χ0v) is 7.55. The lowest BCUT2D eigenvalue weighted by molar-refractivity contribution is -0.131. The summed E-state index contributed by atoms with van der Waals surface area (Å²) in [5.41, 5.74) is 0. The van der Waals surface area contributed by atoms with Crippen molar-refractivity contribution < 1.29 is 4.79 Å². The molecule has 3 nitrogen and oxygen atoms in total. The highest BCUT2D eigenvalue weighted by Gasteiger charge is 2.28. The highest BCUT2D eigenvalue weighted by Crippen LogP contribution is 2.14. The molecule has 0 aromatic carbocycles. The number of carbonyl (C=O) groups excluding carboxylic acids is 1. The van der Waals surface area contributed by atoms with Gasteiger partial charge in [0, 0.05) is 25.6 Å². The van der Waals surface area contributed by atoms with Gasteiger partial charge in [-0.05, 0) is 12.6 Å². The van der Waals surface area contributed by atoms with Gasteiger partial charge in [0.15, 0.2) is 0 Å². The minimum absolute atomic E-state index is 0.0581. The van der Waals surface area contributed by atoms with Crippen LogP contribution in [-0.2, 0) is 4.79 Å². The summed E-state index contributed by atoms with van der Waals surface area (Å²) in [6.07, 6.45) is 1.38. The minimum Gasteiger partial charge on any atom is -0.338 e. The molecule has 1 saturated heterocycles. The van der Waals surface area contributed by atoms with Crippen LogP contribution in [0, 0.1) is 5.92 Å². The Bertz CT molecular complexity index is 173. The normalized spacial score (nSPS) is 17.2. The van der Waals surface area contributed by atoms with Crippen LogP contribution in [0.15, 0.2) is 12.7 Å². The van der Waals surface area contributed by atoms with Gasteiger partial charge in [0.2, 0.25) is 5.91 Å². The molecule has 0 saturated carbocycles. The molecule has 1 fully saturated rings. The van der Waals surface area contributed by atoms with Gasteiger partial charge in [0.1, 0.15) is 0 Å². The SMILES string of the molecule is C=CC(=O)N1CC(CNCC)C1. The van der Waals surface area contributed by atoms with Crippen molar-refractivity contribution in [1.29, 1.82) is 0 Å². The number of hydrogen-bond donors (Lipinski definition) is 1. The zero-order chi connectivity index (χ0) is 8.97. The van der Waals surface area contributed by atoms with E-state index in [1.807, 2.05) is 4.90 Å². The third-order valence-electron chi connectivity index (χ3n) is 2.13. The van der Waals surface area contributed by atoms with Crippen molar-refractivity contribution in [2.24, 2.45) is 5.92 Å². The summed E-state index contributed by atoms with van der Waals surface area (Å²) >= 11 is 0. The summed E-state index contributed by atoms with van der Waals surface area (Å²) < 4.78 is 0. The van der Waals surface area contributed by atoms with Gasteiger partial charge in [0.05, 0.1) is 0 Å². The molecular formula is C9H16N2O. The molecule has 0 radical (unpaired) electrons. The molecule has 0 aliphatic carbocycles. The highest BCUT2D eigenvalue weighted by molar-refractivity contribution is 5.87. The van der Waals surface area contributed by atoms with Gasteiger partial charge in [-0.25, -0.2) is 0 Å². The van der Waals surface area contributed by atoms with Crippen LogP contribution in [-0.4, -0.2) is 37.0 Å². The van der Waals surface area contributed by atoms with Crippen LogP contribution < -0.4 is 5.32 Å². The van der Waals surface area contributed by atoms with Crippen LogP contribution in [0.1, 0.15) is 6.92 Å². The molecule has 3 heteroatoms. The number of nitrogens with one attached hydrogen (secondary N) is 1. The van der Waals surface area contributed by atoms with Gasteiger partial charge in [-0.1, -0.05) is 13.5 Å². The van der Waals surface area contributed by atoms with E-state index >= 15 is 0 Å². The molecule has 1 aliphatic rings. The van der Waals surface area contributed by atoms with E-state index in [1.54, 1.807) is 0 Å². The van der Waals surface area contributed by atoms with E-state index in [0.717, 1.165) is 26.2 Å². The highest BCUT2D eigenvalue weighted by atomic mass is 16.2. The smallest absolute Gasteiger partial charge is 0.245 e. The molecule has 0 atom stereocenters. The number of likely N-dealkylation sites (tertiary alicyclic amines) is 1. The van der Waals surface area contributed by atoms with E-state index in [0.29, 0.717) is 5.92 Å². The topological polar surface area (TPSA) is 32.3 Å². The molecular weight excluding hydrogens is 152 g/mol. The Morgan fingerprint density at radius 2 is 2.42 bits per heavy atom. The molecule has 0 spiro atoms. The number of carbonyl (C=O) groups is 1. The van der Waals surface area contributed by atoms with E-state index in [-0.39, 0.29) is 5.91 Å². The fraction of sp³-hybridized carbons (Fsp3) is 0.667. The lowest BCUT2D eigenvalue weighted by Gasteiger charge is -2.38. The van der Waals surface area contributed by atoms with E-state index in [1.165, 1.54) is 6.08 Å². The van der Waals surface area contributed by atoms with Gasteiger partial charge >= 0.3 is 0 Å². The fourth-order valence-electron chi connectivity index (χ4n) is 1.36. The van der Waals surface area contributed by atoms with E-state index < -0.39 is 0 Å². The molecule has 0 aromatic heterocycles. The lowest BCUT2D eigenvalue weighted by Crippen LogP contribution is -2.52. The molecule has 0 bridgehead atoms. The van der Waals surface area contributed by atoms with Crippen LogP contribution in [0.5, 0.6) is 0 Å². The summed E-state index contributed by atoms with van der Waals surface area (Å²) in [5.74, 6) is 0.705. The van der Waals surface area contributed by atoms with Gasteiger partial charge in [-0.3, -0.25) is 4.79 Å². The maximum atomic E-state index is 11.0. The summed E-state index contributed by atoms with van der Waals surface area (Å²) in [7, 11) is 0. The number of rotatable bonds is 4. The van der Waals surface area contributed by atoms with Crippen molar-refractivity contribution in [2.75, 3.05) is 26.2 Å². The Morgan fingerprint density at radius 3 is 2.92 bits per heavy atom. The maximum Gasteiger partial charge on any atom is 0.245 e. The predicted octanol–water partition coefficient (Wildman–Crippen LogP) is 0.240. The quantitative estimate of drug-likeness (QED) is 0.610. The summed E-state index contributed by atoms with van der Waals surface area (Å²) in [6, 6.07) is 0. The molecule has 12 heavy (non-hydrogen) atoms. The molecule has 68 valence electrons. The first-order valence-electron chi connectivity index (χ1n) is 4.40. The third kappa shape index (κ3) is 2.08. The Labute approximate surface area is 73.4 Å². The summed E-state index contributed by atoms with van der Waals surface area (Å²) in [5, 5.41) is 3.26. The van der Waals surface area contributed by atoms with E-state index in [2.05, 4.69) is 18.8 Å². The first-order chi connectivity index (χ1) is 5.77. The van der Waals surface area contributed by atoms with Crippen LogP contribution >= 0.6 is 0 Å². The van der Waals surface area contributed by atoms with Crippen molar-refractivity contribution in [3.63, 3.8) is 0 Å². The van der Waals surface area contributed by atoms with Crippen LogP contribution in [0.25, 0.3) is 0 Å². The van der Waals surface area contributed by atoms with Gasteiger partial charge in [-0.2, -0.15) is 0 Å². The van der Waals surface area contributed by atoms with Crippen LogP contribution in [0.2, 0.25) is 0 Å². The third-order valence-corrected chi connectivity index (χ3v) is 2.13. The molecule has 0 aromatic rings. The summed E-state index contributed by atoms with van der Waals surface area (Å²) in [4.78, 5) is 12.8. The number of amides is 1. The van der Waals surface area contributed by atoms with Crippen molar-refractivity contribution in [2.45, 2.75) is 6.92 Å². The molecule has 1 amide bonds. The van der Waals surface area contributed by atoms with Crippen molar-refractivity contribution in [1.82, 2.24) is 10.2 Å². The van der Waals surface area contributed by atoms with Gasteiger partial charge < -0.3 is 10.2 Å². The largest absolute Gasteiger partial charge is 0.338 e. The zero-order valence-electron chi connectivity index (χ0n) is 7.55. The molecule has 1 rings (SSSR count). The summed E-state index contributed by atoms with van der Waals surface area (Å²) in [6.45, 7) is 9.34. The second-order valence-corrected chi connectivity index (χ2v) is 3.12. The van der Waals surface area contributed by atoms with Crippen LogP contribution in [0.3, 0.4) is 0 Å². The number of hydrogen-bond acceptors (Lipinski definition) is 2. The molecule has 0 unspecified atom stereocenters. The minimum atomic E-state index is 0.0581. The van der Waals surface area contributed by atoms with Crippen molar-refractivity contribution in [3.05, 3.63) is 12.7 Å². The van der Waals surface area contributed by atoms with E-state index in [4.69, 9.17) is 0 Å². The Kier molecular flexibility index (Phi) is 3.29. The Morgan fingerprint density at radius 1 is 1.75 bits per heavy atom. The lowest BCUT2D eigenvalue weighted by atomic mass is 10.0. The van der Waals surface area contributed by atoms with Crippen LogP contribution in [0.4, 0.5) is 0 Å². The van der Waals surface area contributed by atoms with Gasteiger partial charge in [0.25, 0.3) is 0 Å². The van der Waals surface area contributed by atoms with Crippen molar-refractivity contribution >= 4 is 5.91 Å². The second kappa shape index (κ2) is 4.26. The second-order valence-electron chi connectivity index (χ2n) is 3.12. The van der Waals surface area contributed by atoms with Gasteiger partial charge in [-0.15, -0.1) is 0 Å². The first-order valence-corrected chi connectivity index (χ1v) is 4.40.